The monoisotopic (exact) mass is 638 g/mol. The molecule has 0 saturated carbocycles. The molecule has 2 unspecified atom stereocenters. The maximum Gasteiger partial charge on any atom is 0.254 e. The number of rotatable bonds is 7. The van der Waals surface area contributed by atoms with Gasteiger partial charge in [-0.25, -0.2) is 0 Å². The molecule has 2 aromatic carbocycles. The van der Waals surface area contributed by atoms with Crippen LogP contribution in [0.1, 0.15) is 75.8 Å². The molecule has 3 fully saturated rings. The molecule has 0 radical (unpaired) electrons. The highest BCUT2D eigenvalue weighted by molar-refractivity contribution is 6.42. The van der Waals surface area contributed by atoms with Crippen LogP contribution in [0.15, 0.2) is 40.9 Å². The lowest BCUT2D eigenvalue weighted by Gasteiger charge is -2.42. The number of benzene rings is 2. The molecule has 0 N–H and O–H groups in total. The Labute approximate surface area is 269 Å². The zero-order valence-electron chi connectivity index (χ0n) is 25.8. The van der Waals surface area contributed by atoms with E-state index in [0.717, 1.165) is 60.4 Å². The number of nitrogens with zero attached hydrogens (tertiary/aromatic N) is 4. The summed E-state index contributed by atoms with van der Waals surface area (Å²) in [6.45, 7) is 10.0. The van der Waals surface area contributed by atoms with Crippen LogP contribution in [0.4, 0.5) is 0 Å². The molecule has 10 heteroatoms. The van der Waals surface area contributed by atoms with Crippen LogP contribution in [0.25, 0.3) is 0 Å². The summed E-state index contributed by atoms with van der Waals surface area (Å²) < 4.78 is 11.7. The Morgan fingerprint density at radius 3 is 2.30 bits per heavy atom. The third kappa shape index (κ3) is 6.41. The largest absolute Gasteiger partial charge is 0.368 e. The Hall–Kier alpha value is -2.91. The van der Waals surface area contributed by atoms with E-state index < -0.39 is 0 Å². The van der Waals surface area contributed by atoms with Gasteiger partial charge < -0.3 is 19.1 Å². The van der Waals surface area contributed by atoms with Crippen LogP contribution in [-0.4, -0.2) is 76.1 Å². The fraction of sp³-hybridized carbons (Fsp3) is 0.500. The first-order valence-corrected chi connectivity index (χ1v) is 16.2. The first-order chi connectivity index (χ1) is 21.1. The second-order valence-electron chi connectivity index (χ2n) is 12.7. The molecule has 44 heavy (non-hydrogen) atoms. The number of hydrogen-bond acceptors (Lipinski definition) is 6. The van der Waals surface area contributed by atoms with Gasteiger partial charge in [-0.1, -0.05) is 51.6 Å². The zero-order valence-corrected chi connectivity index (χ0v) is 27.3. The summed E-state index contributed by atoms with van der Waals surface area (Å²) in [4.78, 5) is 33.6. The minimum absolute atomic E-state index is 0.0107. The molecule has 2 bridgehead atoms. The van der Waals surface area contributed by atoms with Gasteiger partial charge in [-0.3, -0.25) is 14.5 Å². The molecule has 8 nitrogen and oxygen atoms in total. The second kappa shape index (κ2) is 12.8. The van der Waals surface area contributed by atoms with Crippen LogP contribution < -0.4 is 0 Å². The SMILES string of the molecule is Cc1cc(C)cc(C(=O)N2CCN(C(=O)COC3CC4CCC(C3)N4Cc3c(C)noc3C)[C@@H](c3ccc(Cl)c(Cl)c3)C2)c1. The number of amides is 2. The summed E-state index contributed by atoms with van der Waals surface area (Å²) in [5.74, 6) is 0.771. The summed E-state index contributed by atoms with van der Waals surface area (Å²) in [5, 5.41) is 5.00. The third-order valence-corrected chi connectivity index (χ3v) is 10.3. The molecule has 3 saturated heterocycles. The molecular weight excluding hydrogens is 599 g/mol. The highest BCUT2D eigenvalue weighted by Crippen LogP contribution is 2.39. The van der Waals surface area contributed by atoms with Gasteiger partial charge in [0.25, 0.3) is 5.91 Å². The van der Waals surface area contributed by atoms with E-state index in [2.05, 4.69) is 16.1 Å². The maximum absolute atomic E-state index is 13.8. The summed E-state index contributed by atoms with van der Waals surface area (Å²) >= 11 is 12.6. The van der Waals surface area contributed by atoms with Crippen LogP contribution in [0.3, 0.4) is 0 Å². The highest BCUT2D eigenvalue weighted by atomic mass is 35.5. The molecule has 0 aliphatic carbocycles. The number of aromatic nitrogens is 1. The normalized spacial score (nSPS) is 23.8. The minimum atomic E-state index is -0.363. The molecule has 3 atom stereocenters. The average Bonchev–Trinajstić information content (AvgIpc) is 3.43. The van der Waals surface area contributed by atoms with E-state index >= 15 is 0 Å². The van der Waals surface area contributed by atoms with Gasteiger partial charge in [-0.15, -0.1) is 0 Å². The predicted octanol–water partition coefficient (Wildman–Crippen LogP) is 6.45. The zero-order chi connectivity index (χ0) is 31.1. The lowest BCUT2D eigenvalue weighted by atomic mass is 9.98. The number of ether oxygens (including phenoxy) is 1. The highest BCUT2D eigenvalue weighted by Gasteiger charge is 2.42. The smallest absolute Gasteiger partial charge is 0.254 e. The Bertz CT molecular complexity index is 1500. The number of piperazine rings is 1. The van der Waals surface area contributed by atoms with Gasteiger partial charge in [0.2, 0.25) is 5.91 Å². The van der Waals surface area contributed by atoms with Crippen LogP contribution in [0.5, 0.6) is 0 Å². The van der Waals surface area contributed by atoms with Crippen molar-refractivity contribution >= 4 is 35.0 Å². The van der Waals surface area contributed by atoms with E-state index in [0.29, 0.717) is 47.3 Å². The standard InChI is InChI=1S/C34H40Cl2N4O4/c1-20-11-21(2)13-25(12-20)34(42)38-9-10-39(32(18-38)24-5-8-30(35)31(36)14-24)33(41)19-43-28-15-26-6-7-27(16-28)40(26)17-29-22(3)37-44-23(29)4/h5,8,11-14,26-28,32H,6-7,9-10,15-19H2,1-4H3/t26?,27?,28?,32-/m1/s1. The van der Waals surface area contributed by atoms with Gasteiger partial charge in [0, 0.05) is 49.4 Å². The van der Waals surface area contributed by atoms with E-state index in [1.54, 1.807) is 12.1 Å². The lowest BCUT2D eigenvalue weighted by Crippen LogP contribution is -2.53. The predicted molar refractivity (Wildman–Crippen MR) is 170 cm³/mol. The van der Waals surface area contributed by atoms with Gasteiger partial charge in [0.1, 0.15) is 12.4 Å². The topological polar surface area (TPSA) is 79.1 Å². The summed E-state index contributed by atoms with van der Waals surface area (Å²) in [6, 6.07) is 11.8. The maximum atomic E-state index is 13.8. The summed E-state index contributed by atoms with van der Waals surface area (Å²) in [7, 11) is 0. The molecule has 2 amide bonds. The number of halogens is 2. The van der Waals surface area contributed by atoms with Crippen molar-refractivity contribution in [1.29, 1.82) is 0 Å². The second-order valence-corrected chi connectivity index (χ2v) is 13.5. The van der Waals surface area contributed by atoms with Crippen molar-refractivity contribution in [3.63, 3.8) is 0 Å². The van der Waals surface area contributed by atoms with E-state index in [1.165, 1.54) is 5.56 Å². The van der Waals surface area contributed by atoms with Crippen molar-refractivity contribution in [3.05, 3.63) is 85.7 Å². The summed E-state index contributed by atoms with van der Waals surface area (Å²) in [6.07, 6.45) is 4.12. The number of hydrogen-bond donors (Lipinski definition) is 0. The van der Waals surface area contributed by atoms with Gasteiger partial charge >= 0.3 is 0 Å². The van der Waals surface area contributed by atoms with E-state index in [-0.39, 0.29) is 30.6 Å². The van der Waals surface area contributed by atoms with Crippen LogP contribution in [-0.2, 0) is 16.1 Å². The summed E-state index contributed by atoms with van der Waals surface area (Å²) in [5.41, 5.74) is 5.73. The van der Waals surface area contributed by atoms with E-state index in [4.69, 9.17) is 32.5 Å². The molecule has 4 heterocycles. The molecular formula is C34H40Cl2N4O4. The van der Waals surface area contributed by atoms with Crippen molar-refractivity contribution in [2.45, 2.75) is 84.2 Å². The number of carbonyl (C=O) groups is 2. The lowest BCUT2D eigenvalue weighted by molar-refractivity contribution is -0.144. The molecule has 3 aromatic rings. The average molecular weight is 640 g/mol. The van der Waals surface area contributed by atoms with Crippen molar-refractivity contribution in [3.8, 4) is 0 Å². The van der Waals surface area contributed by atoms with Gasteiger partial charge in [0.15, 0.2) is 0 Å². The van der Waals surface area contributed by atoms with E-state index in [1.807, 2.05) is 55.7 Å². The van der Waals surface area contributed by atoms with Crippen molar-refractivity contribution in [2.24, 2.45) is 0 Å². The Balaban J connectivity index is 1.13. The molecule has 0 spiro atoms. The van der Waals surface area contributed by atoms with Crippen LogP contribution >= 0.6 is 23.2 Å². The number of fused-ring (bicyclic) bond motifs is 2. The Morgan fingerprint density at radius 1 is 0.955 bits per heavy atom. The third-order valence-electron chi connectivity index (χ3n) is 9.59. The number of carbonyl (C=O) groups excluding carboxylic acids is 2. The number of piperidine rings is 1. The molecule has 6 rings (SSSR count). The quantitative estimate of drug-likeness (QED) is 0.296. The first kappa shape index (κ1) is 31.1. The molecule has 1 aromatic heterocycles. The van der Waals surface area contributed by atoms with Crippen LogP contribution in [0.2, 0.25) is 10.0 Å². The Kier molecular flexibility index (Phi) is 9.07. The molecule has 3 aliphatic heterocycles. The van der Waals surface area contributed by atoms with Gasteiger partial charge in [-0.05, 0) is 83.2 Å². The van der Waals surface area contributed by atoms with Crippen molar-refractivity contribution in [2.75, 3.05) is 26.2 Å². The van der Waals surface area contributed by atoms with E-state index in [9.17, 15) is 9.59 Å². The Morgan fingerprint density at radius 2 is 1.66 bits per heavy atom. The van der Waals surface area contributed by atoms with Crippen molar-refractivity contribution < 1.29 is 18.8 Å². The minimum Gasteiger partial charge on any atom is -0.368 e. The van der Waals surface area contributed by atoms with Gasteiger partial charge in [0.05, 0.1) is 27.9 Å². The fourth-order valence-electron chi connectivity index (χ4n) is 7.35. The molecule has 3 aliphatic rings. The first-order valence-electron chi connectivity index (χ1n) is 15.5. The van der Waals surface area contributed by atoms with Crippen LogP contribution in [0, 0.1) is 27.7 Å². The molecule has 234 valence electrons. The van der Waals surface area contributed by atoms with Gasteiger partial charge in [-0.2, -0.15) is 0 Å². The fourth-order valence-corrected chi connectivity index (χ4v) is 7.66. The van der Waals surface area contributed by atoms with Crippen molar-refractivity contribution in [1.82, 2.24) is 19.9 Å². The number of aryl methyl sites for hydroxylation is 4.